The minimum absolute atomic E-state index is 0.707. The Labute approximate surface area is 141 Å². The van der Waals surface area contributed by atoms with Crippen molar-refractivity contribution in [1.29, 1.82) is 0 Å². The van der Waals surface area contributed by atoms with Gasteiger partial charge >= 0.3 is 0 Å². The fourth-order valence-corrected chi connectivity index (χ4v) is 4.47. The van der Waals surface area contributed by atoms with E-state index < -0.39 is 0 Å². The lowest BCUT2D eigenvalue weighted by Gasteiger charge is -2.38. The zero-order valence-corrected chi connectivity index (χ0v) is 15.0. The summed E-state index contributed by atoms with van der Waals surface area (Å²) in [5.74, 6) is 0. The molecule has 2 saturated heterocycles. The monoisotopic (exact) mass is 370 g/mol. The van der Waals surface area contributed by atoms with E-state index in [4.69, 9.17) is 11.6 Å². The molecule has 2 aliphatic heterocycles. The summed E-state index contributed by atoms with van der Waals surface area (Å²) in [6.07, 6.45) is 6.51. The SMILES string of the molecule is CCCN(Cc1cc(Br)ccc1Cl)C1CC2CCC(C1)N2. The second kappa shape index (κ2) is 6.99. The third-order valence-corrected chi connectivity index (χ3v) is 5.72. The average Bonchev–Trinajstić information content (AvgIpc) is 2.81. The van der Waals surface area contributed by atoms with Crippen molar-refractivity contribution in [3.05, 3.63) is 33.3 Å². The minimum Gasteiger partial charge on any atom is -0.311 e. The molecule has 0 radical (unpaired) electrons. The number of hydrogen-bond acceptors (Lipinski definition) is 2. The highest BCUT2D eigenvalue weighted by atomic mass is 79.9. The molecule has 2 unspecified atom stereocenters. The van der Waals surface area contributed by atoms with Gasteiger partial charge in [0, 0.05) is 34.2 Å². The van der Waals surface area contributed by atoms with Crippen LogP contribution in [0.2, 0.25) is 5.02 Å². The van der Waals surface area contributed by atoms with Crippen LogP contribution in [-0.2, 0) is 6.54 Å². The first-order chi connectivity index (χ1) is 10.2. The van der Waals surface area contributed by atoms with Crippen molar-refractivity contribution in [2.45, 2.75) is 63.7 Å². The maximum absolute atomic E-state index is 6.39. The zero-order chi connectivity index (χ0) is 14.8. The van der Waals surface area contributed by atoms with E-state index >= 15 is 0 Å². The van der Waals surface area contributed by atoms with Gasteiger partial charge < -0.3 is 5.32 Å². The van der Waals surface area contributed by atoms with E-state index in [1.165, 1.54) is 37.7 Å². The van der Waals surface area contributed by atoms with Crippen molar-refractivity contribution >= 4 is 27.5 Å². The molecule has 3 rings (SSSR count). The molecule has 0 aliphatic carbocycles. The van der Waals surface area contributed by atoms with Crippen molar-refractivity contribution in [1.82, 2.24) is 10.2 Å². The maximum Gasteiger partial charge on any atom is 0.0451 e. The van der Waals surface area contributed by atoms with Crippen molar-refractivity contribution in [3.8, 4) is 0 Å². The lowest BCUT2D eigenvalue weighted by molar-refractivity contribution is 0.134. The summed E-state index contributed by atoms with van der Waals surface area (Å²) in [6, 6.07) is 8.37. The quantitative estimate of drug-likeness (QED) is 0.814. The van der Waals surface area contributed by atoms with E-state index in [1.54, 1.807) is 0 Å². The summed E-state index contributed by atoms with van der Waals surface area (Å²) in [7, 11) is 0. The Morgan fingerprint density at radius 3 is 2.67 bits per heavy atom. The van der Waals surface area contributed by atoms with Gasteiger partial charge in [0.2, 0.25) is 0 Å². The third kappa shape index (κ3) is 3.82. The molecule has 2 fully saturated rings. The summed E-state index contributed by atoms with van der Waals surface area (Å²) in [4.78, 5) is 2.65. The van der Waals surface area contributed by atoms with Crippen LogP contribution in [0.1, 0.15) is 44.6 Å². The Hall–Kier alpha value is -0.0900. The molecule has 116 valence electrons. The van der Waals surface area contributed by atoms with E-state index in [0.29, 0.717) is 6.04 Å². The minimum atomic E-state index is 0.707. The Kier molecular flexibility index (Phi) is 5.26. The largest absolute Gasteiger partial charge is 0.311 e. The van der Waals surface area contributed by atoms with Crippen LogP contribution in [0.5, 0.6) is 0 Å². The molecule has 21 heavy (non-hydrogen) atoms. The van der Waals surface area contributed by atoms with Gasteiger partial charge in [-0.05, 0) is 62.4 Å². The second-order valence-corrected chi connectivity index (χ2v) is 7.79. The Balaban J connectivity index is 1.73. The lowest BCUT2D eigenvalue weighted by Crippen LogP contribution is -2.48. The lowest BCUT2D eigenvalue weighted by atomic mass is 9.97. The molecular weight excluding hydrogens is 348 g/mol. The first kappa shape index (κ1) is 15.8. The number of hydrogen-bond donors (Lipinski definition) is 1. The van der Waals surface area contributed by atoms with Gasteiger partial charge in [-0.25, -0.2) is 0 Å². The highest BCUT2D eigenvalue weighted by Gasteiger charge is 2.35. The fraction of sp³-hybridized carbons (Fsp3) is 0.647. The van der Waals surface area contributed by atoms with Gasteiger partial charge in [0.05, 0.1) is 0 Å². The number of nitrogens with zero attached hydrogens (tertiary/aromatic N) is 1. The third-order valence-electron chi connectivity index (χ3n) is 4.86. The average molecular weight is 372 g/mol. The van der Waals surface area contributed by atoms with Crippen LogP contribution >= 0.6 is 27.5 Å². The maximum atomic E-state index is 6.39. The van der Waals surface area contributed by atoms with Crippen LogP contribution in [0.15, 0.2) is 22.7 Å². The van der Waals surface area contributed by atoms with E-state index in [1.807, 2.05) is 12.1 Å². The van der Waals surface area contributed by atoms with Crippen LogP contribution in [0.25, 0.3) is 0 Å². The molecule has 2 bridgehead atoms. The molecule has 2 atom stereocenters. The first-order valence-electron chi connectivity index (χ1n) is 8.09. The van der Waals surface area contributed by atoms with Crippen molar-refractivity contribution in [2.24, 2.45) is 0 Å². The summed E-state index contributed by atoms with van der Waals surface area (Å²) in [5.41, 5.74) is 1.24. The molecule has 0 aromatic heterocycles. The molecule has 0 spiro atoms. The molecule has 2 heterocycles. The molecule has 1 N–H and O–H groups in total. The molecule has 1 aromatic rings. The van der Waals surface area contributed by atoms with Crippen LogP contribution < -0.4 is 5.32 Å². The zero-order valence-electron chi connectivity index (χ0n) is 12.6. The molecule has 1 aromatic carbocycles. The van der Waals surface area contributed by atoms with Gasteiger partial charge in [-0.1, -0.05) is 34.5 Å². The highest BCUT2D eigenvalue weighted by Crippen LogP contribution is 2.31. The number of rotatable bonds is 5. The predicted molar refractivity (Wildman–Crippen MR) is 92.8 cm³/mol. The van der Waals surface area contributed by atoms with Crippen molar-refractivity contribution < 1.29 is 0 Å². The molecule has 0 amide bonds. The number of piperidine rings is 1. The Morgan fingerprint density at radius 1 is 1.29 bits per heavy atom. The van der Waals surface area contributed by atoms with E-state index in [-0.39, 0.29) is 0 Å². The molecule has 4 heteroatoms. The normalized spacial score (nSPS) is 28.3. The van der Waals surface area contributed by atoms with Crippen LogP contribution in [0.4, 0.5) is 0 Å². The van der Waals surface area contributed by atoms with E-state index in [2.05, 4.69) is 39.1 Å². The molecular formula is C17H24BrClN2. The summed E-state index contributed by atoms with van der Waals surface area (Å²) >= 11 is 9.95. The number of halogens is 2. The Bertz CT molecular complexity index is 482. The van der Waals surface area contributed by atoms with Crippen LogP contribution in [0.3, 0.4) is 0 Å². The van der Waals surface area contributed by atoms with Gasteiger partial charge in [-0.2, -0.15) is 0 Å². The molecule has 2 nitrogen and oxygen atoms in total. The second-order valence-electron chi connectivity index (χ2n) is 6.47. The summed E-state index contributed by atoms with van der Waals surface area (Å²) in [5, 5.41) is 4.63. The molecule has 2 aliphatic rings. The van der Waals surface area contributed by atoms with E-state index in [0.717, 1.165) is 34.7 Å². The van der Waals surface area contributed by atoms with Gasteiger partial charge in [-0.3, -0.25) is 4.90 Å². The predicted octanol–water partition coefficient (Wildman–Crippen LogP) is 4.60. The number of nitrogens with one attached hydrogen (secondary N) is 1. The van der Waals surface area contributed by atoms with Gasteiger partial charge in [0.1, 0.15) is 0 Å². The summed E-state index contributed by atoms with van der Waals surface area (Å²) < 4.78 is 1.11. The summed E-state index contributed by atoms with van der Waals surface area (Å²) in [6.45, 7) is 4.40. The molecule has 0 saturated carbocycles. The van der Waals surface area contributed by atoms with Gasteiger partial charge in [-0.15, -0.1) is 0 Å². The van der Waals surface area contributed by atoms with Crippen LogP contribution in [0, 0.1) is 0 Å². The first-order valence-corrected chi connectivity index (χ1v) is 9.27. The highest BCUT2D eigenvalue weighted by molar-refractivity contribution is 9.10. The topological polar surface area (TPSA) is 15.3 Å². The smallest absolute Gasteiger partial charge is 0.0451 e. The van der Waals surface area contributed by atoms with Crippen LogP contribution in [-0.4, -0.2) is 29.6 Å². The van der Waals surface area contributed by atoms with E-state index in [9.17, 15) is 0 Å². The number of fused-ring (bicyclic) bond motifs is 2. The van der Waals surface area contributed by atoms with Crippen molar-refractivity contribution in [3.63, 3.8) is 0 Å². The Morgan fingerprint density at radius 2 is 2.00 bits per heavy atom. The van der Waals surface area contributed by atoms with Crippen molar-refractivity contribution in [2.75, 3.05) is 6.54 Å². The number of benzene rings is 1. The standard InChI is InChI=1S/C17H24BrClN2/c1-2-7-21(11-12-8-13(18)3-6-17(12)19)16-9-14-4-5-15(10-16)20-14/h3,6,8,14-16,20H,2,4-5,7,9-11H2,1H3. The van der Waals surface area contributed by atoms with Gasteiger partial charge in [0.25, 0.3) is 0 Å². The van der Waals surface area contributed by atoms with Gasteiger partial charge in [0.15, 0.2) is 0 Å². The fourth-order valence-electron chi connectivity index (χ4n) is 3.89.